The van der Waals surface area contributed by atoms with Crippen LogP contribution in [0.5, 0.6) is 0 Å². The maximum Gasteiger partial charge on any atom is 0.326 e. The van der Waals surface area contributed by atoms with Crippen LogP contribution in [0.25, 0.3) is 0 Å². The molecule has 1 N–H and O–H groups in total. The molecule has 1 fully saturated rings. The number of likely N-dealkylation sites (tertiary alicyclic amines) is 1. The van der Waals surface area contributed by atoms with Gasteiger partial charge in [0.25, 0.3) is 0 Å². The first kappa shape index (κ1) is 13.1. The molecule has 0 aliphatic carbocycles. The zero-order valence-corrected chi connectivity index (χ0v) is 11.0. The predicted molar refractivity (Wildman–Crippen MR) is 69.6 cm³/mol. The van der Waals surface area contributed by atoms with Crippen LogP contribution in [0.4, 0.5) is 0 Å². The van der Waals surface area contributed by atoms with Crippen LogP contribution >= 0.6 is 11.3 Å². The number of aliphatic carboxylic acids is 1. The zero-order valence-electron chi connectivity index (χ0n) is 10.2. The highest BCUT2D eigenvalue weighted by atomic mass is 32.1. The van der Waals surface area contributed by atoms with Crippen molar-refractivity contribution < 1.29 is 14.7 Å². The highest BCUT2D eigenvalue weighted by Crippen LogP contribution is 2.19. The van der Waals surface area contributed by atoms with Crippen LogP contribution in [0, 0.1) is 0 Å². The van der Waals surface area contributed by atoms with E-state index in [2.05, 4.69) is 0 Å². The molecule has 1 amide bonds. The molecule has 1 atom stereocenters. The van der Waals surface area contributed by atoms with Crippen molar-refractivity contribution in [3.05, 3.63) is 22.4 Å². The molecular weight excluding hydrogens is 250 g/mol. The minimum Gasteiger partial charge on any atom is -0.480 e. The van der Waals surface area contributed by atoms with Gasteiger partial charge in [0, 0.05) is 17.8 Å². The predicted octanol–water partition coefficient (Wildman–Crippen LogP) is 2.15. The molecule has 0 bridgehead atoms. The number of thiophene rings is 1. The average molecular weight is 267 g/mol. The molecule has 1 aromatic rings. The smallest absolute Gasteiger partial charge is 0.326 e. The van der Waals surface area contributed by atoms with E-state index in [1.165, 1.54) is 4.88 Å². The number of hydrogen-bond donors (Lipinski definition) is 1. The number of amides is 1. The number of carboxylic acid groups (broad SMARTS) is 1. The maximum absolute atomic E-state index is 12.1. The van der Waals surface area contributed by atoms with Gasteiger partial charge in [0.2, 0.25) is 5.91 Å². The highest BCUT2D eigenvalue weighted by molar-refractivity contribution is 7.09. The lowest BCUT2D eigenvalue weighted by molar-refractivity contribution is -0.152. The van der Waals surface area contributed by atoms with Gasteiger partial charge in [-0.1, -0.05) is 6.07 Å². The van der Waals surface area contributed by atoms with Gasteiger partial charge in [-0.15, -0.1) is 11.3 Å². The van der Waals surface area contributed by atoms with Gasteiger partial charge < -0.3 is 10.0 Å². The summed E-state index contributed by atoms with van der Waals surface area (Å²) < 4.78 is 0. The van der Waals surface area contributed by atoms with Crippen molar-refractivity contribution in [1.82, 2.24) is 4.90 Å². The van der Waals surface area contributed by atoms with Gasteiger partial charge >= 0.3 is 5.97 Å². The van der Waals surface area contributed by atoms with Crippen LogP contribution in [-0.2, 0) is 16.0 Å². The summed E-state index contributed by atoms with van der Waals surface area (Å²) in [6.07, 6.45) is 3.50. The van der Waals surface area contributed by atoms with Crippen molar-refractivity contribution in [1.29, 1.82) is 0 Å². The number of piperidine rings is 1. The Morgan fingerprint density at radius 2 is 2.28 bits per heavy atom. The average Bonchev–Trinajstić information content (AvgIpc) is 2.89. The van der Waals surface area contributed by atoms with Crippen molar-refractivity contribution in [3.8, 4) is 0 Å². The number of rotatable bonds is 4. The summed E-state index contributed by atoms with van der Waals surface area (Å²) in [5.74, 6) is -0.908. The molecule has 1 aromatic heterocycles. The lowest BCUT2D eigenvalue weighted by atomic mass is 10.0. The minimum absolute atomic E-state index is 0.0319. The lowest BCUT2D eigenvalue weighted by Gasteiger charge is -2.33. The first-order valence-corrected chi connectivity index (χ1v) is 7.11. The van der Waals surface area contributed by atoms with Crippen LogP contribution in [0.3, 0.4) is 0 Å². The molecule has 0 aromatic carbocycles. The molecule has 1 aliphatic heterocycles. The van der Waals surface area contributed by atoms with Gasteiger partial charge in [0.05, 0.1) is 0 Å². The topological polar surface area (TPSA) is 57.6 Å². The van der Waals surface area contributed by atoms with E-state index in [1.54, 1.807) is 16.2 Å². The Morgan fingerprint density at radius 1 is 1.44 bits per heavy atom. The third-order valence-corrected chi connectivity index (χ3v) is 4.21. The largest absolute Gasteiger partial charge is 0.480 e. The molecular formula is C13H17NO3S. The first-order chi connectivity index (χ1) is 8.68. The fourth-order valence-corrected chi connectivity index (χ4v) is 3.02. The van der Waals surface area contributed by atoms with E-state index in [0.29, 0.717) is 25.8 Å². The Bertz CT molecular complexity index is 416. The first-order valence-electron chi connectivity index (χ1n) is 6.23. The van der Waals surface area contributed by atoms with E-state index in [-0.39, 0.29) is 5.91 Å². The van der Waals surface area contributed by atoms with E-state index in [1.807, 2.05) is 17.5 Å². The van der Waals surface area contributed by atoms with E-state index in [4.69, 9.17) is 5.11 Å². The second kappa shape index (κ2) is 6.00. The number of carboxylic acids is 1. The van der Waals surface area contributed by atoms with Gasteiger partial charge in [-0.25, -0.2) is 4.79 Å². The Morgan fingerprint density at radius 3 is 2.94 bits per heavy atom. The van der Waals surface area contributed by atoms with Crippen molar-refractivity contribution in [2.24, 2.45) is 0 Å². The summed E-state index contributed by atoms with van der Waals surface area (Å²) in [5.41, 5.74) is 0. The third-order valence-electron chi connectivity index (χ3n) is 3.27. The molecule has 1 aliphatic rings. The number of nitrogens with zero attached hydrogens (tertiary/aromatic N) is 1. The zero-order chi connectivity index (χ0) is 13.0. The molecule has 2 rings (SSSR count). The molecule has 0 saturated carbocycles. The quantitative estimate of drug-likeness (QED) is 0.909. The Balaban J connectivity index is 1.92. The normalized spacial score (nSPS) is 19.8. The molecule has 5 heteroatoms. The fourth-order valence-electron chi connectivity index (χ4n) is 2.32. The van der Waals surface area contributed by atoms with E-state index < -0.39 is 12.0 Å². The SMILES string of the molecule is O=C(O)[C@@H]1CCCCN1C(=O)CCc1cccs1. The van der Waals surface area contributed by atoms with Gasteiger partial charge in [0.15, 0.2) is 0 Å². The summed E-state index contributed by atoms with van der Waals surface area (Å²) in [7, 11) is 0. The van der Waals surface area contributed by atoms with Gasteiger partial charge in [-0.05, 0) is 37.1 Å². The number of carbonyl (C=O) groups excluding carboxylic acids is 1. The van der Waals surface area contributed by atoms with E-state index >= 15 is 0 Å². The monoisotopic (exact) mass is 267 g/mol. The Kier molecular flexibility index (Phi) is 4.36. The maximum atomic E-state index is 12.1. The summed E-state index contributed by atoms with van der Waals surface area (Å²) in [6.45, 7) is 0.584. The molecule has 18 heavy (non-hydrogen) atoms. The summed E-state index contributed by atoms with van der Waals surface area (Å²) >= 11 is 1.63. The Hall–Kier alpha value is -1.36. The van der Waals surface area contributed by atoms with Crippen molar-refractivity contribution in [3.63, 3.8) is 0 Å². The molecule has 4 nitrogen and oxygen atoms in total. The number of aryl methyl sites for hydroxylation is 1. The van der Waals surface area contributed by atoms with Crippen LogP contribution in [0.2, 0.25) is 0 Å². The molecule has 2 heterocycles. The number of carbonyl (C=O) groups is 2. The summed E-state index contributed by atoms with van der Waals surface area (Å²) in [6, 6.07) is 3.35. The standard InChI is InChI=1S/C13H17NO3S/c15-12(7-6-10-4-3-9-18-10)14-8-2-1-5-11(14)13(16)17/h3-4,9,11H,1-2,5-8H2,(H,16,17)/t11-/m0/s1. The van der Waals surface area contributed by atoms with Crippen LogP contribution < -0.4 is 0 Å². The van der Waals surface area contributed by atoms with Gasteiger partial charge in [0.1, 0.15) is 6.04 Å². The fraction of sp³-hybridized carbons (Fsp3) is 0.538. The summed E-state index contributed by atoms with van der Waals surface area (Å²) in [5, 5.41) is 11.1. The van der Waals surface area contributed by atoms with E-state index in [0.717, 1.165) is 12.8 Å². The highest BCUT2D eigenvalue weighted by Gasteiger charge is 2.31. The Labute approximate surface area is 110 Å². The minimum atomic E-state index is -0.876. The van der Waals surface area contributed by atoms with E-state index in [9.17, 15) is 9.59 Å². The van der Waals surface area contributed by atoms with Crippen LogP contribution in [0.1, 0.15) is 30.6 Å². The molecule has 0 unspecified atom stereocenters. The van der Waals surface area contributed by atoms with Gasteiger partial charge in [-0.3, -0.25) is 4.79 Å². The molecule has 0 radical (unpaired) electrons. The third kappa shape index (κ3) is 3.10. The van der Waals surface area contributed by atoms with Crippen molar-refractivity contribution in [2.45, 2.75) is 38.1 Å². The summed E-state index contributed by atoms with van der Waals surface area (Å²) in [4.78, 5) is 25.9. The van der Waals surface area contributed by atoms with Crippen LogP contribution in [0.15, 0.2) is 17.5 Å². The van der Waals surface area contributed by atoms with Gasteiger partial charge in [-0.2, -0.15) is 0 Å². The second-order valence-electron chi connectivity index (χ2n) is 4.52. The lowest BCUT2D eigenvalue weighted by Crippen LogP contribution is -2.48. The second-order valence-corrected chi connectivity index (χ2v) is 5.55. The van der Waals surface area contributed by atoms with Crippen LogP contribution in [-0.4, -0.2) is 34.5 Å². The molecule has 0 spiro atoms. The van der Waals surface area contributed by atoms with Crippen molar-refractivity contribution >= 4 is 23.2 Å². The number of hydrogen-bond acceptors (Lipinski definition) is 3. The molecule has 1 saturated heterocycles. The molecule has 98 valence electrons. The van der Waals surface area contributed by atoms with Crippen molar-refractivity contribution in [2.75, 3.05) is 6.54 Å².